The predicted octanol–water partition coefficient (Wildman–Crippen LogP) is 6.61. The summed E-state index contributed by atoms with van der Waals surface area (Å²) in [6, 6.07) is 21.8. The molecule has 0 amide bonds. The van der Waals surface area contributed by atoms with Gasteiger partial charge in [-0.15, -0.1) is 0 Å². The van der Waals surface area contributed by atoms with Crippen LogP contribution >= 0.6 is 0 Å². The van der Waals surface area contributed by atoms with Crippen LogP contribution in [0.1, 0.15) is 43.3 Å². The standard InChI is InChI=1S/C17H12F3N3O.C16H13N3O/c18-17(19,20)11-4-1-3-10(9-11)14-16(24)23(12-6-7-12)15-13(22-14)5-2-8-21-15;20-16-14(11-5-2-1-3-6-11)18-13-7-4-10-17-15(13)19(16)12-8-9-12/h1-5,8-9,12H,6-7H2;1-7,10,12H,8-9H2. The first-order valence-electron chi connectivity index (χ1n) is 14.3. The SMILES string of the molecule is O=c1c(-c2cccc(C(F)(F)F)c2)nc2cccnc2n1C1CC1.O=c1c(-c2ccccc2)nc2cccnc2n1C1CC1. The molecule has 2 fully saturated rings. The van der Waals surface area contributed by atoms with Crippen molar-refractivity contribution in [2.24, 2.45) is 0 Å². The number of nitrogens with zero attached hydrogens (tertiary/aromatic N) is 6. The van der Waals surface area contributed by atoms with Gasteiger partial charge in [-0.3, -0.25) is 18.7 Å². The second kappa shape index (κ2) is 10.8. The maximum absolute atomic E-state index is 12.9. The Labute approximate surface area is 248 Å². The fraction of sp³-hybridized carbons (Fsp3) is 0.212. The molecule has 0 spiro atoms. The molecule has 11 heteroatoms. The van der Waals surface area contributed by atoms with Crippen molar-refractivity contribution in [3.05, 3.63) is 118 Å². The van der Waals surface area contributed by atoms with Gasteiger partial charge in [-0.25, -0.2) is 19.9 Å². The minimum absolute atomic E-state index is 0.0218. The predicted molar refractivity (Wildman–Crippen MR) is 160 cm³/mol. The van der Waals surface area contributed by atoms with Crippen molar-refractivity contribution in [2.45, 2.75) is 43.9 Å². The van der Waals surface area contributed by atoms with Crippen LogP contribution in [0.2, 0.25) is 0 Å². The number of hydrogen-bond acceptors (Lipinski definition) is 6. The largest absolute Gasteiger partial charge is 0.416 e. The summed E-state index contributed by atoms with van der Waals surface area (Å²) in [6.07, 6.45) is 2.63. The fourth-order valence-electron chi connectivity index (χ4n) is 5.24. The Kier molecular flexibility index (Phi) is 6.80. The van der Waals surface area contributed by atoms with Gasteiger partial charge in [0.05, 0.1) is 5.56 Å². The van der Waals surface area contributed by atoms with E-state index in [9.17, 15) is 22.8 Å². The normalized spacial score (nSPS) is 14.8. The number of pyridine rings is 2. The average Bonchev–Trinajstić information content (AvgIpc) is 3.97. The molecule has 4 aromatic heterocycles. The second-order valence-corrected chi connectivity index (χ2v) is 10.9. The zero-order valence-electron chi connectivity index (χ0n) is 23.3. The molecule has 0 saturated heterocycles. The second-order valence-electron chi connectivity index (χ2n) is 10.9. The molecule has 6 aromatic rings. The van der Waals surface area contributed by atoms with Gasteiger partial charge < -0.3 is 0 Å². The van der Waals surface area contributed by atoms with Crippen LogP contribution in [-0.2, 0) is 6.18 Å². The first-order chi connectivity index (χ1) is 21.3. The number of aromatic nitrogens is 6. The number of halogens is 3. The Bertz CT molecular complexity index is 2130. The molecule has 0 N–H and O–H groups in total. The van der Waals surface area contributed by atoms with Gasteiger partial charge in [-0.05, 0) is 62.1 Å². The van der Waals surface area contributed by atoms with Gasteiger partial charge in [0.1, 0.15) is 22.4 Å². The third kappa shape index (κ3) is 5.25. The zero-order chi connectivity index (χ0) is 30.4. The highest BCUT2D eigenvalue weighted by Gasteiger charge is 2.32. The van der Waals surface area contributed by atoms with E-state index in [-0.39, 0.29) is 28.9 Å². The van der Waals surface area contributed by atoms with Gasteiger partial charge >= 0.3 is 6.18 Å². The Morgan fingerprint density at radius 1 is 0.614 bits per heavy atom. The Balaban J connectivity index is 0.000000144. The summed E-state index contributed by atoms with van der Waals surface area (Å²) in [5, 5.41) is 0. The maximum Gasteiger partial charge on any atom is 0.416 e. The summed E-state index contributed by atoms with van der Waals surface area (Å²) in [5.41, 5.74) is 2.76. The molecule has 44 heavy (non-hydrogen) atoms. The molecule has 220 valence electrons. The average molecular weight is 595 g/mol. The summed E-state index contributed by atoms with van der Waals surface area (Å²) in [6.45, 7) is 0. The van der Waals surface area contributed by atoms with Crippen LogP contribution in [0.15, 0.2) is 101 Å². The quantitative estimate of drug-likeness (QED) is 0.228. The smallest absolute Gasteiger partial charge is 0.286 e. The minimum Gasteiger partial charge on any atom is -0.286 e. The third-order valence-corrected chi connectivity index (χ3v) is 7.63. The van der Waals surface area contributed by atoms with Gasteiger partial charge in [0.2, 0.25) is 0 Å². The van der Waals surface area contributed by atoms with E-state index in [1.54, 1.807) is 29.1 Å². The summed E-state index contributed by atoms with van der Waals surface area (Å²) in [4.78, 5) is 42.9. The summed E-state index contributed by atoms with van der Waals surface area (Å²) in [7, 11) is 0. The van der Waals surface area contributed by atoms with Crippen LogP contribution in [0.3, 0.4) is 0 Å². The van der Waals surface area contributed by atoms with Crippen LogP contribution in [-0.4, -0.2) is 29.1 Å². The van der Waals surface area contributed by atoms with Crippen molar-refractivity contribution in [3.63, 3.8) is 0 Å². The molecule has 2 aliphatic rings. The molecule has 2 aromatic carbocycles. The lowest BCUT2D eigenvalue weighted by Crippen LogP contribution is -2.23. The van der Waals surface area contributed by atoms with E-state index in [4.69, 9.17) is 0 Å². The van der Waals surface area contributed by atoms with Crippen LogP contribution < -0.4 is 11.1 Å². The molecule has 4 heterocycles. The van der Waals surface area contributed by atoms with E-state index in [1.807, 2.05) is 47.0 Å². The fourth-order valence-corrected chi connectivity index (χ4v) is 5.24. The number of rotatable bonds is 4. The molecular formula is C33H25F3N6O2. The molecule has 0 aliphatic heterocycles. The van der Waals surface area contributed by atoms with E-state index in [2.05, 4.69) is 19.9 Å². The first kappa shape index (κ1) is 27.6. The van der Waals surface area contributed by atoms with Gasteiger partial charge in [0, 0.05) is 35.6 Å². The molecule has 0 unspecified atom stereocenters. The van der Waals surface area contributed by atoms with Gasteiger partial charge in [-0.2, -0.15) is 13.2 Å². The molecule has 0 atom stereocenters. The number of alkyl halides is 3. The van der Waals surface area contributed by atoms with Gasteiger partial charge in [0.25, 0.3) is 11.1 Å². The summed E-state index contributed by atoms with van der Waals surface area (Å²) < 4.78 is 42.2. The maximum atomic E-state index is 12.9. The molecule has 2 saturated carbocycles. The third-order valence-electron chi connectivity index (χ3n) is 7.63. The van der Waals surface area contributed by atoms with Crippen molar-refractivity contribution in [1.82, 2.24) is 29.1 Å². The summed E-state index contributed by atoms with van der Waals surface area (Å²) >= 11 is 0. The lowest BCUT2D eigenvalue weighted by Gasteiger charge is -2.12. The highest BCUT2D eigenvalue weighted by Crippen LogP contribution is 2.37. The van der Waals surface area contributed by atoms with Crippen molar-refractivity contribution in [1.29, 1.82) is 0 Å². The molecule has 8 rings (SSSR count). The van der Waals surface area contributed by atoms with E-state index in [0.29, 0.717) is 22.5 Å². The Hall–Kier alpha value is -5.19. The van der Waals surface area contributed by atoms with E-state index < -0.39 is 17.3 Å². The van der Waals surface area contributed by atoms with Crippen LogP contribution in [0.5, 0.6) is 0 Å². The Morgan fingerprint density at radius 2 is 1.11 bits per heavy atom. The lowest BCUT2D eigenvalue weighted by molar-refractivity contribution is -0.137. The molecular weight excluding hydrogens is 569 g/mol. The molecule has 0 bridgehead atoms. The van der Waals surface area contributed by atoms with Crippen molar-refractivity contribution in [2.75, 3.05) is 0 Å². The van der Waals surface area contributed by atoms with E-state index in [1.165, 1.54) is 12.1 Å². The first-order valence-corrected chi connectivity index (χ1v) is 14.3. The van der Waals surface area contributed by atoms with Crippen LogP contribution in [0.4, 0.5) is 13.2 Å². The van der Waals surface area contributed by atoms with Crippen molar-refractivity contribution >= 4 is 22.3 Å². The van der Waals surface area contributed by atoms with Crippen LogP contribution in [0.25, 0.3) is 44.8 Å². The Morgan fingerprint density at radius 3 is 1.61 bits per heavy atom. The lowest BCUT2D eigenvalue weighted by atomic mass is 10.1. The number of fused-ring (bicyclic) bond motifs is 2. The minimum atomic E-state index is -4.47. The monoisotopic (exact) mass is 594 g/mol. The number of hydrogen-bond donors (Lipinski definition) is 0. The van der Waals surface area contributed by atoms with Crippen molar-refractivity contribution in [3.8, 4) is 22.5 Å². The van der Waals surface area contributed by atoms with Gasteiger partial charge in [0.15, 0.2) is 11.3 Å². The van der Waals surface area contributed by atoms with Gasteiger partial charge in [-0.1, -0.05) is 42.5 Å². The zero-order valence-corrected chi connectivity index (χ0v) is 23.3. The van der Waals surface area contributed by atoms with Crippen molar-refractivity contribution < 1.29 is 13.2 Å². The molecule has 2 aliphatic carbocycles. The topological polar surface area (TPSA) is 95.6 Å². The summed E-state index contributed by atoms with van der Waals surface area (Å²) in [5.74, 6) is 0. The molecule has 0 radical (unpaired) electrons. The molecule has 8 nitrogen and oxygen atoms in total. The van der Waals surface area contributed by atoms with E-state index in [0.717, 1.165) is 48.9 Å². The highest BCUT2D eigenvalue weighted by molar-refractivity contribution is 5.75. The van der Waals surface area contributed by atoms with Crippen LogP contribution in [0, 0.1) is 0 Å². The highest BCUT2D eigenvalue weighted by atomic mass is 19.4. The number of benzene rings is 2. The van der Waals surface area contributed by atoms with E-state index >= 15 is 0 Å².